The number of carbonyl (C=O) groups is 1. The maximum atomic E-state index is 8.36. The fourth-order valence-corrected chi connectivity index (χ4v) is 4.16. The molecule has 0 saturated heterocycles. The van der Waals surface area contributed by atoms with Gasteiger partial charge in [0.1, 0.15) is 5.76 Å². The summed E-state index contributed by atoms with van der Waals surface area (Å²) in [5, 5.41) is 18.3. The Morgan fingerprint density at radius 2 is 2.00 bits per heavy atom. The molecule has 2 atom stereocenters. The second-order valence-corrected chi connectivity index (χ2v) is 8.51. The second kappa shape index (κ2) is 14.2. The summed E-state index contributed by atoms with van der Waals surface area (Å²) in [5.41, 5.74) is 2.31. The molecular weight excluding hydrogens is 464 g/mol. The summed E-state index contributed by atoms with van der Waals surface area (Å²) in [6.07, 6.45) is 19.3. The molecule has 2 aromatic heterocycles. The largest absolute Gasteiger partial charge is 0.483 e. The first-order valence-corrected chi connectivity index (χ1v) is 12.3. The summed E-state index contributed by atoms with van der Waals surface area (Å²) in [5.74, 6) is 1.05. The van der Waals surface area contributed by atoms with Crippen molar-refractivity contribution >= 4 is 42.4 Å². The number of allylic oxidation sites excluding steroid dienone is 5. The van der Waals surface area contributed by atoms with Crippen LogP contribution in [0.1, 0.15) is 52.7 Å². The van der Waals surface area contributed by atoms with Crippen LogP contribution in [0.3, 0.4) is 0 Å². The molecular formula is C27H35ClN4O3. The number of halogens is 1. The van der Waals surface area contributed by atoms with Crippen molar-refractivity contribution in [1.82, 2.24) is 20.2 Å². The second-order valence-electron chi connectivity index (χ2n) is 7.95. The number of aromatic nitrogens is 4. The van der Waals surface area contributed by atoms with E-state index >= 15 is 0 Å². The molecule has 0 aromatic carbocycles. The van der Waals surface area contributed by atoms with Crippen molar-refractivity contribution in [2.45, 2.75) is 59.3 Å². The van der Waals surface area contributed by atoms with Crippen LogP contribution in [-0.4, -0.2) is 37.1 Å². The molecule has 0 radical (unpaired) electrons. The number of alkyl halides is 1. The number of nitrogens with zero attached hydrogens (tertiary/aromatic N) is 2. The summed E-state index contributed by atoms with van der Waals surface area (Å²) >= 11 is 6.59. The van der Waals surface area contributed by atoms with Gasteiger partial charge in [-0.15, -0.1) is 11.6 Å². The van der Waals surface area contributed by atoms with Crippen LogP contribution in [-0.2, 0) is 4.79 Å². The Labute approximate surface area is 211 Å². The number of aryl methyl sites for hydroxylation is 1. The minimum Gasteiger partial charge on any atom is -0.483 e. The van der Waals surface area contributed by atoms with Crippen molar-refractivity contribution in [1.29, 1.82) is 0 Å². The van der Waals surface area contributed by atoms with Gasteiger partial charge < -0.3 is 14.8 Å². The number of ether oxygens (including phenoxy) is 1. The average molecular weight is 499 g/mol. The molecule has 7 nitrogen and oxygen atoms in total. The van der Waals surface area contributed by atoms with Gasteiger partial charge in [-0.2, -0.15) is 10.1 Å². The number of nitrogens with one attached hydrogen (secondary N) is 2. The first-order chi connectivity index (χ1) is 16.9. The highest BCUT2D eigenvalue weighted by atomic mass is 35.5. The molecule has 2 heterocycles. The number of fused-ring (bicyclic) bond motifs is 1. The van der Waals surface area contributed by atoms with Crippen molar-refractivity contribution in [3.05, 3.63) is 62.6 Å². The van der Waals surface area contributed by atoms with Crippen LogP contribution in [0.15, 0.2) is 35.6 Å². The molecule has 3 N–H and O–H groups in total. The maximum Gasteiger partial charge on any atom is 0.300 e. The highest BCUT2D eigenvalue weighted by molar-refractivity contribution is 6.23. The van der Waals surface area contributed by atoms with E-state index in [0.29, 0.717) is 6.01 Å². The van der Waals surface area contributed by atoms with Crippen LogP contribution in [0.5, 0.6) is 6.01 Å². The summed E-state index contributed by atoms with van der Waals surface area (Å²) < 4.78 is 5.96. The standard InChI is InChI=1S/C24H27ClN4O.C2H6.CH2O2/c1-4-20-16(3)28-29-21(20)11-9-17-12-18(25)14-23-22(13-17)26-24(27-23)30-19-7-5-6-15(2)8-10-19;1-2;2-1-3/h4-5,7-8,10-11,13-14,17-18,29H,6,9,12H2,1-3H3,(H,26,27);1-2H3;1H,(H,2,3)/b20-4-,21-11+;;. The number of aromatic amines is 2. The molecule has 8 heteroatoms. The lowest BCUT2D eigenvalue weighted by Crippen LogP contribution is -2.25. The minimum atomic E-state index is -0.250. The fourth-order valence-electron chi connectivity index (χ4n) is 3.81. The number of H-pyrrole nitrogens is 2. The number of rotatable bonds is 4. The third kappa shape index (κ3) is 8.14. The zero-order valence-corrected chi connectivity index (χ0v) is 21.8. The van der Waals surface area contributed by atoms with Crippen LogP contribution in [0.25, 0.3) is 24.3 Å². The smallest absolute Gasteiger partial charge is 0.300 e. The summed E-state index contributed by atoms with van der Waals surface area (Å²) in [4.78, 5) is 16.3. The van der Waals surface area contributed by atoms with Gasteiger partial charge in [0.15, 0.2) is 0 Å². The van der Waals surface area contributed by atoms with E-state index in [4.69, 9.17) is 26.2 Å². The Balaban J connectivity index is 0.000000803. The molecule has 0 fully saturated rings. The number of carboxylic acid groups (broad SMARTS) is 1. The van der Waals surface area contributed by atoms with E-state index in [1.165, 1.54) is 5.57 Å². The van der Waals surface area contributed by atoms with Crippen LogP contribution in [0, 0.1) is 12.8 Å². The molecule has 2 aliphatic rings. The summed E-state index contributed by atoms with van der Waals surface area (Å²) in [6, 6.07) is 0.483. The first kappa shape index (κ1) is 27.9. The Morgan fingerprint density at radius 1 is 1.26 bits per heavy atom. The lowest BCUT2D eigenvalue weighted by Gasteiger charge is -2.10. The number of imidazole rings is 1. The Hall–Kier alpha value is -3.32. The quantitative estimate of drug-likeness (QED) is 0.443. The van der Waals surface area contributed by atoms with Crippen molar-refractivity contribution in [2.75, 3.05) is 0 Å². The van der Waals surface area contributed by atoms with Crippen LogP contribution < -0.4 is 26.0 Å². The van der Waals surface area contributed by atoms with Crippen molar-refractivity contribution in [2.24, 2.45) is 5.92 Å². The van der Waals surface area contributed by atoms with Crippen molar-refractivity contribution < 1.29 is 14.6 Å². The molecule has 188 valence electrons. The van der Waals surface area contributed by atoms with E-state index in [2.05, 4.69) is 57.5 Å². The van der Waals surface area contributed by atoms with Gasteiger partial charge in [0.05, 0.1) is 27.1 Å². The normalized spacial score (nSPS) is 19.7. The number of hydrogen-bond donors (Lipinski definition) is 3. The fraction of sp³-hybridized carbons (Fsp3) is 0.370. The summed E-state index contributed by atoms with van der Waals surface area (Å²) in [7, 11) is 0. The van der Waals surface area contributed by atoms with Crippen LogP contribution in [0.4, 0.5) is 0 Å². The lowest BCUT2D eigenvalue weighted by atomic mass is 9.99. The molecule has 35 heavy (non-hydrogen) atoms. The van der Waals surface area contributed by atoms with Gasteiger partial charge in [0, 0.05) is 5.22 Å². The lowest BCUT2D eigenvalue weighted by molar-refractivity contribution is -0.122. The zero-order valence-electron chi connectivity index (χ0n) is 21.0. The average Bonchev–Trinajstić information content (AvgIpc) is 3.25. The molecule has 2 aliphatic carbocycles. The van der Waals surface area contributed by atoms with E-state index in [0.717, 1.165) is 52.0 Å². The molecule has 0 aliphatic heterocycles. The van der Waals surface area contributed by atoms with Gasteiger partial charge in [-0.05, 0) is 64.2 Å². The predicted octanol–water partition coefficient (Wildman–Crippen LogP) is 3.20. The highest BCUT2D eigenvalue weighted by Gasteiger charge is 2.15. The van der Waals surface area contributed by atoms with E-state index in [1.54, 1.807) is 0 Å². The minimum absolute atomic E-state index is 0.0830. The molecule has 2 aromatic rings. The highest BCUT2D eigenvalue weighted by Crippen LogP contribution is 2.20. The van der Waals surface area contributed by atoms with Crippen LogP contribution in [0.2, 0.25) is 0 Å². The van der Waals surface area contributed by atoms with Gasteiger partial charge in [-0.1, -0.05) is 49.8 Å². The van der Waals surface area contributed by atoms with E-state index < -0.39 is 0 Å². The Kier molecular flexibility index (Phi) is 11.3. The number of hydrogen-bond acceptors (Lipinski definition) is 4. The van der Waals surface area contributed by atoms with Gasteiger partial charge in [-0.25, -0.2) is 0 Å². The topological polar surface area (TPSA) is 104 Å². The van der Waals surface area contributed by atoms with E-state index in [-0.39, 0.29) is 17.8 Å². The predicted molar refractivity (Wildman–Crippen MR) is 143 cm³/mol. The SMILES string of the molecule is C/C=c1/c(C)n[nH]/c1=C/CC1C=c2[nH]c(OC3=CC=C(C)CC=C3)nc2=CC(Cl)C1.CC.O=CO. The summed E-state index contributed by atoms with van der Waals surface area (Å²) in [6.45, 7) is 9.90. The first-order valence-electron chi connectivity index (χ1n) is 11.8. The monoisotopic (exact) mass is 498 g/mol. The zero-order chi connectivity index (χ0) is 25.8. The Bertz CT molecular complexity index is 1320. The van der Waals surface area contributed by atoms with Gasteiger partial charge in [-0.3, -0.25) is 9.89 Å². The molecule has 4 rings (SSSR count). The van der Waals surface area contributed by atoms with E-state index in [1.807, 2.05) is 45.9 Å². The third-order valence-electron chi connectivity index (χ3n) is 5.41. The van der Waals surface area contributed by atoms with Crippen LogP contribution >= 0.6 is 11.6 Å². The van der Waals surface area contributed by atoms with Gasteiger partial charge >= 0.3 is 0 Å². The van der Waals surface area contributed by atoms with Gasteiger partial charge in [0.2, 0.25) is 0 Å². The third-order valence-corrected chi connectivity index (χ3v) is 5.72. The van der Waals surface area contributed by atoms with Crippen molar-refractivity contribution in [3.8, 4) is 6.01 Å². The molecule has 2 unspecified atom stereocenters. The molecule has 0 saturated carbocycles. The van der Waals surface area contributed by atoms with Crippen molar-refractivity contribution in [3.63, 3.8) is 0 Å². The Morgan fingerprint density at radius 3 is 2.71 bits per heavy atom. The molecule has 0 spiro atoms. The van der Waals surface area contributed by atoms with Gasteiger partial charge in [0.25, 0.3) is 12.5 Å². The molecule has 0 amide bonds. The molecule has 0 bridgehead atoms. The maximum absolute atomic E-state index is 8.36. The van der Waals surface area contributed by atoms with E-state index in [9.17, 15) is 0 Å².